The van der Waals surface area contributed by atoms with Gasteiger partial charge < -0.3 is 0 Å². The number of rotatable bonds is 9. The molecule has 2 fully saturated rings. The van der Waals surface area contributed by atoms with Crippen LogP contribution in [0.1, 0.15) is 89.0 Å². The Hall–Kier alpha value is -1.55. The van der Waals surface area contributed by atoms with Gasteiger partial charge in [-0.1, -0.05) is 94.3 Å². The number of halogens is 3. The normalized spacial score (nSPS) is 25.4. The highest BCUT2D eigenvalue weighted by Crippen LogP contribution is 2.40. The van der Waals surface area contributed by atoms with Gasteiger partial charge in [0.1, 0.15) is 0 Å². The second kappa shape index (κ2) is 12.4. The summed E-state index contributed by atoms with van der Waals surface area (Å²) in [6, 6.07) is 14.9. The zero-order valence-electron chi connectivity index (χ0n) is 20.8. The lowest BCUT2D eigenvalue weighted by Gasteiger charge is -2.32. The molecular formula is C30H41F3Si. The van der Waals surface area contributed by atoms with E-state index in [1.54, 1.807) is 18.1 Å². The summed E-state index contributed by atoms with van der Waals surface area (Å²) in [5.74, 6) is -1.22. The average Bonchev–Trinajstić information content (AvgIpc) is 2.87. The van der Waals surface area contributed by atoms with Gasteiger partial charge in [0.2, 0.25) is 0 Å². The first-order valence-corrected chi connectivity index (χ1v) is 16.2. The Morgan fingerprint density at radius 3 is 1.91 bits per heavy atom. The van der Waals surface area contributed by atoms with Gasteiger partial charge in [0.05, 0.1) is 0 Å². The van der Waals surface area contributed by atoms with Crippen molar-refractivity contribution in [3.63, 3.8) is 0 Å². The van der Waals surface area contributed by atoms with Gasteiger partial charge >= 0.3 is 0 Å². The van der Waals surface area contributed by atoms with Crippen molar-refractivity contribution >= 4 is 8.80 Å². The van der Waals surface area contributed by atoms with Crippen molar-refractivity contribution in [1.29, 1.82) is 0 Å². The van der Waals surface area contributed by atoms with Crippen LogP contribution in [-0.2, 0) is 0 Å². The van der Waals surface area contributed by atoms with Crippen molar-refractivity contribution in [2.24, 2.45) is 11.8 Å². The molecule has 0 amide bonds. The maximum Gasteiger partial charge on any atom is 0.194 e. The van der Waals surface area contributed by atoms with Crippen molar-refractivity contribution in [1.82, 2.24) is 0 Å². The fraction of sp³-hybridized carbons (Fsp3) is 0.600. The van der Waals surface area contributed by atoms with E-state index in [1.807, 2.05) is 12.1 Å². The van der Waals surface area contributed by atoms with E-state index in [4.69, 9.17) is 0 Å². The molecule has 2 aliphatic rings. The molecule has 0 radical (unpaired) electrons. The number of benzene rings is 2. The molecule has 1 saturated heterocycles. The van der Waals surface area contributed by atoms with Gasteiger partial charge in [-0.05, 0) is 72.3 Å². The van der Waals surface area contributed by atoms with E-state index in [0.717, 1.165) is 29.5 Å². The highest BCUT2D eigenvalue weighted by atomic mass is 28.3. The summed E-state index contributed by atoms with van der Waals surface area (Å²) in [4.78, 5) is 0. The zero-order chi connectivity index (χ0) is 23.9. The monoisotopic (exact) mass is 486 g/mol. The van der Waals surface area contributed by atoms with Crippen LogP contribution in [0.4, 0.5) is 13.2 Å². The fourth-order valence-corrected chi connectivity index (χ4v) is 10.0. The van der Waals surface area contributed by atoms with E-state index in [1.165, 1.54) is 76.2 Å². The van der Waals surface area contributed by atoms with Crippen LogP contribution < -0.4 is 0 Å². The number of unbranched alkanes of at least 4 members (excludes halogenated alkanes) is 2. The summed E-state index contributed by atoms with van der Waals surface area (Å²) >= 11 is 0. The Bertz CT molecular complexity index is 871. The van der Waals surface area contributed by atoms with E-state index in [0.29, 0.717) is 11.5 Å². The van der Waals surface area contributed by atoms with Gasteiger partial charge in [0.25, 0.3) is 0 Å². The van der Waals surface area contributed by atoms with E-state index >= 15 is 0 Å². The molecule has 1 aliphatic carbocycles. The van der Waals surface area contributed by atoms with Crippen LogP contribution in [0.5, 0.6) is 0 Å². The molecule has 0 atom stereocenters. The van der Waals surface area contributed by atoms with Gasteiger partial charge in [-0.15, -0.1) is 0 Å². The molecule has 0 unspecified atom stereocenters. The van der Waals surface area contributed by atoms with Crippen molar-refractivity contribution in [3.05, 3.63) is 59.4 Å². The summed E-state index contributed by atoms with van der Waals surface area (Å²) < 4.78 is 40.4. The third-order valence-electron chi connectivity index (χ3n) is 8.71. The largest absolute Gasteiger partial charge is 0.204 e. The highest BCUT2D eigenvalue weighted by molar-refractivity contribution is 6.58. The molecule has 34 heavy (non-hydrogen) atoms. The molecule has 4 heteroatoms. The van der Waals surface area contributed by atoms with Crippen LogP contribution in [0.3, 0.4) is 0 Å². The predicted molar refractivity (Wildman–Crippen MR) is 140 cm³/mol. The molecule has 0 nitrogen and oxygen atoms in total. The molecule has 0 spiro atoms. The Morgan fingerprint density at radius 2 is 1.32 bits per heavy atom. The smallest absolute Gasteiger partial charge is 0.194 e. The number of hydrogen-bond acceptors (Lipinski definition) is 0. The Labute approximate surface area is 206 Å². The van der Waals surface area contributed by atoms with Crippen molar-refractivity contribution in [2.45, 2.75) is 102 Å². The third kappa shape index (κ3) is 6.77. The molecular weight excluding hydrogens is 445 g/mol. The molecule has 0 aromatic heterocycles. The van der Waals surface area contributed by atoms with Crippen LogP contribution in [0, 0.1) is 29.3 Å². The van der Waals surface area contributed by atoms with Gasteiger partial charge in [-0.2, -0.15) is 0 Å². The Balaban J connectivity index is 1.19. The minimum Gasteiger partial charge on any atom is -0.204 e. The second-order valence-corrected chi connectivity index (χ2v) is 14.5. The Kier molecular flexibility index (Phi) is 9.33. The topological polar surface area (TPSA) is 0 Å². The summed E-state index contributed by atoms with van der Waals surface area (Å²) in [6.07, 6.45) is 15.3. The summed E-state index contributed by atoms with van der Waals surface area (Å²) in [6.45, 7) is 2.31. The van der Waals surface area contributed by atoms with Crippen LogP contribution in [0.25, 0.3) is 11.1 Å². The molecule has 186 valence electrons. The van der Waals surface area contributed by atoms with E-state index in [-0.39, 0.29) is 8.80 Å². The average molecular weight is 487 g/mol. The minimum atomic E-state index is -1.41. The van der Waals surface area contributed by atoms with Crippen LogP contribution >= 0.6 is 0 Å². The third-order valence-corrected chi connectivity index (χ3v) is 12.2. The van der Waals surface area contributed by atoms with Gasteiger partial charge in [0, 0.05) is 8.80 Å². The molecule has 1 aliphatic heterocycles. The second-order valence-electron chi connectivity index (χ2n) is 11.1. The molecule has 4 rings (SSSR count). The highest BCUT2D eigenvalue weighted by Gasteiger charge is 2.25. The predicted octanol–water partition coefficient (Wildman–Crippen LogP) is 9.65. The molecule has 2 aromatic rings. The van der Waals surface area contributed by atoms with E-state index in [2.05, 4.69) is 19.1 Å². The minimum absolute atomic E-state index is 0.379. The van der Waals surface area contributed by atoms with Crippen molar-refractivity contribution in [3.8, 4) is 11.1 Å². The lowest BCUT2D eigenvalue weighted by atomic mass is 9.76. The first-order valence-electron chi connectivity index (χ1n) is 13.8. The maximum atomic E-state index is 13.6. The quantitative estimate of drug-likeness (QED) is 0.188. The fourth-order valence-electron chi connectivity index (χ4n) is 6.42. The van der Waals surface area contributed by atoms with Gasteiger partial charge in [-0.25, -0.2) is 13.2 Å². The van der Waals surface area contributed by atoms with Crippen molar-refractivity contribution in [2.75, 3.05) is 0 Å². The molecule has 2 aromatic carbocycles. The number of hydrogen-bond donors (Lipinski definition) is 0. The first-order chi connectivity index (χ1) is 16.5. The van der Waals surface area contributed by atoms with E-state index < -0.39 is 17.5 Å². The van der Waals surface area contributed by atoms with Crippen LogP contribution in [-0.4, -0.2) is 8.80 Å². The lowest BCUT2D eigenvalue weighted by molar-refractivity contribution is 0.280. The lowest BCUT2D eigenvalue weighted by Crippen LogP contribution is -2.22. The summed E-state index contributed by atoms with van der Waals surface area (Å²) in [5, 5.41) is 0. The van der Waals surface area contributed by atoms with E-state index in [9.17, 15) is 13.2 Å². The Morgan fingerprint density at radius 1 is 0.735 bits per heavy atom. The maximum absolute atomic E-state index is 13.6. The summed E-state index contributed by atoms with van der Waals surface area (Å²) in [5.41, 5.74) is 2.42. The SMILES string of the molecule is CCCCC[Si@H]1CC[C@H](CCC2CCC(c3ccc(-c4cc(F)c(F)c(F)c4)cc3)CC2)CC1. The molecule has 0 bridgehead atoms. The van der Waals surface area contributed by atoms with Gasteiger partial charge in [-0.3, -0.25) is 0 Å². The molecule has 0 N–H and O–H groups in total. The van der Waals surface area contributed by atoms with Crippen LogP contribution in [0.15, 0.2) is 36.4 Å². The van der Waals surface area contributed by atoms with Crippen molar-refractivity contribution < 1.29 is 13.2 Å². The zero-order valence-corrected chi connectivity index (χ0v) is 22.0. The first kappa shape index (κ1) is 25.5. The van der Waals surface area contributed by atoms with Crippen LogP contribution in [0.2, 0.25) is 18.1 Å². The molecule has 1 heterocycles. The summed E-state index contributed by atoms with van der Waals surface area (Å²) in [7, 11) is -0.384. The molecule has 1 saturated carbocycles. The van der Waals surface area contributed by atoms with Gasteiger partial charge in [0.15, 0.2) is 17.5 Å². The standard InChI is InChI=1S/C30H41F3Si/c1-2-3-4-17-34-18-15-23(16-19-34)6-5-22-7-9-24(10-8-22)25-11-13-26(14-12-25)27-20-28(31)30(33)29(32)21-27/h11-14,20-24,34H,2-10,15-19H2,1H3/t22?,23-,24?,34-.